The Morgan fingerprint density at radius 3 is 2.93 bits per heavy atom. The van der Waals surface area contributed by atoms with Crippen LogP contribution in [0.25, 0.3) is 16.7 Å². The van der Waals surface area contributed by atoms with E-state index in [0.717, 1.165) is 30.3 Å². The van der Waals surface area contributed by atoms with Crippen molar-refractivity contribution in [3.63, 3.8) is 0 Å². The number of hydrogen-bond donors (Lipinski definition) is 3. The van der Waals surface area contributed by atoms with Crippen LogP contribution in [0.3, 0.4) is 0 Å². The lowest BCUT2D eigenvalue weighted by Gasteiger charge is -2.12. The number of para-hydroxylation sites is 1. The maximum Gasteiger partial charge on any atom is 0.191 e. The Kier molecular flexibility index (Phi) is 5.33. The molecule has 7 heteroatoms. The average molecular weight is 373 g/mol. The number of H-pyrrole nitrogens is 1. The summed E-state index contributed by atoms with van der Waals surface area (Å²) in [6.07, 6.45) is 8.41. The number of nitrogens with one attached hydrogen (secondary N) is 3. The van der Waals surface area contributed by atoms with Crippen LogP contribution in [0.15, 0.2) is 72.2 Å². The largest absolute Gasteiger partial charge is 0.361 e. The molecule has 3 aromatic heterocycles. The number of aliphatic imine (C=N–C) groups is 1. The minimum atomic E-state index is 0.656. The van der Waals surface area contributed by atoms with Crippen molar-refractivity contribution in [1.82, 2.24) is 30.4 Å². The molecule has 4 rings (SSSR count). The molecule has 0 saturated heterocycles. The summed E-state index contributed by atoms with van der Waals surface area (Å²) in [5.41, 5.74) is 3.59. The molecule has 4 aromatic rings. The molecule has 3 heterocycles. The number of aromatic amines is 1. The van der Waals surface area contributed by atoms with Gasteiger partial charge in [-0.05, 0) is 41.8 Å². The Bertz CT molecular complexity index is 1060. The lowest BCUT2D eigenvalue weighted by molar-refractivity contribution is 0.791. The van der Waals surface area contributed by atoms with Crippen molar-refractivity contribution >= 4 is 16.9 Å². The molecular weight excluding hydrogens is 350 g/mol. The summed E-state index contributed by atoms with van der Waals surface area (Å²) in [5, 5.41) is 12.2. The Morgan fingerprint density at radius 1 is 1.14 bits per heavy atom. The monoisotopic (exact) mass is 373 g/mol. The van der Waals surface area contributed by atoms with Crippen molar-refractivity contribution in [2.75, 3.05) is 13.6 Å². The second-order valence-electron chi connectivity index (χ2n) is 6.43. The number of rotatable bonds is 6. The van der Waals surface area contributed by atoms with Crippen LogP contribution in [-0.2, 0) is 13.0 Å². The highest BCUT2D eigenvalue weighted by molar-refractivity contribution is 5.83. The van der Waals surface area contributed by atoms with E-state index in [1.165, 1.54) is 16.5 Å². The SMILES string of the molecule is CN=C(NCCc1c[nH]c2ccccc12)NCc1ccnc(-n2cccn2)c1. The Hall–Kier alpha value is -3.61. The van der Waals surface area contributed by atoms with Crippen molar-refractivity contribution in [2.45, 2.75) is 13.0 Å². The predicted octanol–water partition coefficient (Wildman–Crippen LogP) is 2.66. The molecule has 0 aliphatic carbocycles. The molecule has 1 aromatic carbocycles. The number of pyridine rings is 1. The molecule has 0 aliphatic rings. The van der Waals surface area contributed by atoms with Crippen LogP contribution in [-0.4, -0.2) is 39.3 Å². The average Bonchev–Trinajstić information content (AvgIpc) is 3.41. The second kappa shape index (κ2) is 8.39. The van der Waals surface area contributed by atoms with E-state index in [-0.39, 0.29) is 0 Å². The molecule has 0 bridgehead atoms. The summed E-state index contributed by atoms with van der Waals surface area (Å²) in [6, 6.07) is 14.2. The van der Waals surface area contributed by atoms with Gasteiger partial charge in [0.15, 0.2) is 11.8 Å². The van der Waals surface area contributed by atoms with Crippen LogP contribution in [0.5, 0.6) is 0 Å². The van der Waals surface area contributed by atoms with Gasteiger partial charge in [0.25, 0.3) is 0 Å². The molecule has 0 saturated carbocycles. The van der Waals surface area contributed by atoms with Crippen LogP contribution in [0.1, 0.15) is 11.1 Å². The Labute approximate surface area is 163 Å². The summed E-state index contributed by atoms with van der Waals surface area (Å²) in [7, 11) is 1.78. The van der Waals surface area contributed by atoms with Gasteiger partial charge in [-0.25, -0.2) is 9.67 Å². The lowest BCUT2D eigenvalue weighted by atomic mass is 10.1. The fourth-order valence-corrected chi connectivity index (χ4v) is 3.16. The highest BCUT2D eigenvalue weighted by Crippen LogP contribution is 2.17. The van der Waals surface area contributed by atoms with E-state index in [4.69, 9.17) is 0 Å². The zero-order valence-corrected chi connectivity index (χ0v) is 15.8. The topological polar surface area (TPSA) is 82.9 Å². The molecule has 0 amide bonds. The van der Waals surface area contributed by atoms with Gasteiger partial charge in [0, 0.05) is 55.8 Å². The van der Waals surface area contributed by atoms with E-state index in [9.17, 15) is 0 Å². The van der Waals surface area contributed by atoms with E-state index in [1.807, 2.05) is 30.5 Å². The van der Waals surface area contributed by atoms with Crippen molar-refractivity contribution in [2.24, 2.45) is 4.99 Å². The zero-order valence-electron chi connectivity index (χ0n) is 15.8. The predicted molar refractivity (Wildman–Crippen MR) is 112 cm³/mol. The van der Waals surface area contributed by atoms with Gasteiger partial charge in [0.2, 0.25) is 0 Å². The molecule has 0 aliphatic heterocycles. The summed E-state index contributed by atoms with van der Waals surface area (Å²) in [4.78, 5) is 12.0. The third-order valence-corrected chi connectivity index (χ3v) is 4.59. The fraction of sp³-hybridized carbons (Fsp3) is 0.190. The highest BCUT2D eigenvalue weighted by atomic mass is 15.3. The number of guanidine groups is 1. The summed E-state index contributed by atoms with van der Waals surface area (Å²) >= 11 is 0. The van der Waals surface area contributed by atoms with Crippen LogP contribution in [0, 0.1) is 0 Å². The molecule has 142 valence electrons. The third-order valence-electron chi connectivity index (χ3n) is 4.59. The third kappa shape index (κ3) is 4.03. The molecule has 0 fully saturated rings. The van der Waals surface area contributed by atoms with Gasteiger partial charge in [0.05, 0.1) is 0 Å². The van der Waals surface area contributed by atoms with Crippen LogP contribution in [0.4, 0.5) is 0 Å². The lowest BCUT2D eigenvalue weighted by Crippen LogP contribution is -2.37. The minimum absolute atomic E-state index is 0.656. The first-order valence-electron chi connectivity index (χ1n) is 9.28. The summed E-state index contributed by atoms with van der Waals surface area (Å²) in [6.45, 7) is 1.46. The van der Waals surface area contributed by atoms with Crippen LogP contribution in [0.2, 0.25) is 0 Å². The van der Waals surface area contributed by atoms with Crippen molar-refractivity contribution < 1.29 is 0 Å². The van der Waals surface area contributed by atoms with Crippen molar-refractivity contribution in [3.8, 4) is 5.82 Å². The maximum absolute atomic E-state index is 4.36. The number of aromatic nitrogens is 4. The van der Waals surface area contributed by atoms with Gasteiger partial charge >= 0.3 is 0 Å². The van der Waals surface area contributed by atoms with Gasteiger partial charge in [-0.2, -0.15) is 5.10 Å². The zero-order chi connectivity index (χ0) is 19.2. The van der Waals surface area contributed by atoms with Gasteiger partial charge in [-0.15, -0.1) is 0 Å². The number of hydrogen-bond acceptors (Lipinski definition) is 3. The van der Waals surface area contributed by atoms with Crippen molar-refractivity contribution in [3.05, 3.63) is 78.4 Å². The van der Waals surface area contributed by atoms with Gasteiger partial charge in [0.1, 0.15) is 0 Å². The van der Waals surface area contributed by atoms with Crippen LogP contribution < -0.4 is 10.6 Å². The number of benzene rings is 1. The normalized spacial score (nSPS) is 11.7. The minimum Gasteiger partial charge on any atom is -0.361 e. The molecule has 0 spiro atoms. The molecule has 28 heavy (non-hydrogen) atoms. The van der Waals surface area contributed by atoms with E-state index in [2.05, 4.69) is 55.1 Å². The van der Waals surface area contributed by atoms with Gasteiger partial charge in [-0.1, -0.05) is 18.2 Å². The summed E-state index contributed by atoms with van der Waals surface area (Å²) in [5.74, 6) is 1.57. The molecule has 0 radical (unpaired) electrons. The van der Waals surface area contributed by atoms with Crippen molar-refractivity contribution in [1.29, 1.82) is 0 Å². The smallest absolute Gasteiger partial charge is 0.191 e. The quantitative estimate of drug-likeness (QED) is 0.358. The standard InChI is InChI=1S/C21H23N7/c1-22-21(24-11-8-17-15-25-19-6-3-2-5-18(17)19)26-14-16-7-10-23-20(13-16)28-12-4-9-27-28/h2-7,9-10,12-13,15,25H,8,11,14H2,1H3,(H2,22,24,26). The Morgan fingerprint density at radius 2 is 2.07 bits per heavy atom. The molecular formula is C21H23N7. The van der Waals surface area contributed by atoms with E-state index < -0.39 is 0 Å². The number of nitrogens with zero attached hydrogens (tertiary/aromatic N) is 4. The first-order valence-corrected chi connectivity index (χ1v) is 9.28. The second-order valence-corrected chi connectivity index (χ2v) is 6.43. The molecule has 3 N–H and O–H groups in total. The summed E-state index contributed by atoms with van der Waals surface area (Å²) < 4.78 is 1.75. The number of fused-ring (bicyclic) bond motifs is 1. The van der Waals surface area contributed by atoms with E-state index in [1.54, 1.807) is 24.1 Å². The maximum atomic E-state index is 4.36. The molecule has 7 nitrogen and oxygen atoms in total. The van der Waals surface area contributed by atoms with E-state index in [0.29, 0.717) is 6.54 Å². The van der Waals surface area contributed by atoms with Crippen LogP contribution >= 0.6 is 0 Å². The molecule has 0 atom stereocenters. The highest BCUT2D eigenvalue weighted by Gasteiger charge is 2.04. The first-order chi connectivity index (χ1) is 13.8. The van der Waals surface area contributed by atoms with Gasteiger partial charge < -0.3 is 15.6 Å². The van der Waals surface area contributed by atoms with E-state index >= 15 is 0 Å². The van der Waals surface area contributed by atoms with Gasteiger partial charge in [-0.3, -0.25) is 4.99 Å². The fourth-order valence-electron chi connectivity index (χ4n) is 3.16. The first kappa shape index (κ1) is 17.8. The molecule has 0 unspecified atom stereocenters. The Balaban J connectivity index is 1.31.